The van der Waals surface area contributed by atoms with Crippen molar-refractivity contribution in [3.8, 4) is 11.4 Å². The van der Waals surface area contributed by atoms with Crippen LogP contribution in [0.1, 0.15) is 86.3 Å². The SMILES string of the molecule is CCCCCC(=O)N1CCN(C(=O)c2nc(-c3ccccc3)nc(CCC)c2C(=O)OCC)CC1C. The van der Waals surface area contributed by atoms with E-state index in [1.807, 2.05) is 49.1 Å². The maximum absolute atomic E-state index is 13.8. The molecule has 8 nitrogen and oxygen atoms in total. The lowest BCUT2D eigenvalue weighted by Crippen LogP contribution is -2.55. The number of ether oxygens (including phenoxy) is 1. The Bertz CT molecular complexity index is 1060. The lowest BCUT2D eigenvalue weighted by atomic mass is 10.0. The van der Waals surface area contributed by atoms with Gasteiger partial charge in [0.1, 0.15) is 11.3 Å². The number of carbonyl (C=O) groups is 3. The molecular formula is C28H38N4O4. The highest BCUT2D eigenvalue weighted by Gasteiger charge is 2.34. The van der Waals surface area contributed by atoms with Crippen molar-refractivity contribution in [3.63, 3.8) is 0 Å². The largest absolute Gasteiger partial charge is 0.462 e. The van der Waals surface area contributed by atoms with Gasteiger partial charge in [-0.25, -0.2) is 14.8 Å². The number of hydrogen-bond donors (Lipinski definition) is 0. The van der Waals surface area contributed by atoms with Crippen molar-refractivity contribution in [2.75, 3.05) is 26.2 Å². The second-order valence-electron chi connectivity index (χ2n) is 9.20. The Morgan fingerprint density at radius 2 is 1.75 bits per heavy atom. The standard InChI is InChI=1S/C28H38N4O4/c1-5-8-10-16-23(33)32-18-17-31(19-20(32)4)27(34)25-24(28(35)36-7-3)22(13-6-2)29-26(30-25)21-14-11-9-12-15-21/h9,11-12,14-15,20H,5-8,10,13,16-19H2,1-4H3. The molecule has 1 aromatic carbocycles. The molecule has 8 heteroatoms. The van der Waals surface area contributed by atoms with E-state index < -0.39 is 5.97 Å². The molecule has 194 valence electrons. The number of amides is 2. The quantitative estimate of drug-likeness (QED) is 0.356. The molecule has 1 atom stereocenters. The molecule has 0 bridgehead atoms. The molecule has 3 rings (SSSR count). The van der Waals surface area contributed by atoms with Crippen LogP contribution in [-0.2, 0) is 16.0 Å². The van der Waals surface area contributed by atoms with Crippen molar-refractivity contribution in [1.82, 2.24) is 19.8 Å². The van der Waals surface area contributed by atoms with Crippen LogP contribution < -0.4 is 0 Å². The molecule has 0 aliphatic carbocycles. The average molecular weight is 495 g/mol. The molecule has 2 amide bonds. The maximum Gasteiger partial charge on any atom is 0.342 e. The van der Waals surface area contributed by atoms with Gasteiger partial charge in [0, 0.05) is 37.7 Å². The third kappa shape index (κ3) is 6.47. The predicted molar refractivity (Wildman–Crippen MR) is 139 cm³/mol. The van der Waals surface area contributed by atoms with Crippen LogP contribution in [0, 0.1) is 0 Å². The lowest BCUT2D eigenvalue weighted by molar-refractivity contribution is -0.135. The fourth-order valence-electron chi connectivity index (χ4n) is 4.55. The van der Waals surface area contributed by atoms with E-state index >= 15 is 0 Å². The van der Waals surface area contributed by atoms with Crippen LogP contribution in [0.25, 0.3) is 11.4 Å². The van der Waals surface area contributed by atoms with E-state index in [1.165, 1.54) is 0 Å². The van der Waals surface area contributed by atoms with E-state index in [0.29, 0.717) is 44.0 Å². The number of rotatable bonds is 10. The highest BCUT2D eigenvalue weighted by atomic mass is 16.5. The molecule has 0 radical (unpaired) electrons. The van der Waals surface area contributed by atoms with Gasteiger partial charge in [-0.15, -0.1) is 0 Å². The number of unbranched alkanes of at least 4 members (excludes halogenated alkanes) is 2. The summed E-state index contributed by atoms with van der Waals surface area (Å²) in [5.74, 6) is -0.372. The number of nitrogens with zero attached hydrogens (tertiary/aromatic N) is 4. The summed E-state index contributed by atoms with van der Waals surface area (Å²) >= 11 is 0. The van der Waals surface area contributed by atoms with Gasteiger partial charge in [0.15, 0.2) is 5.82 Å². The number of hydrogen-bond acceptors (Lipinski definition) is 6. The Balaban J connectivity index is 1.94. The van der Waals surface area contributed by atoms with E-state index in [0.717, 1.165) is 31.2 Å². The van der Waals surface area contributed by atoms with Crippen molar-refractivity contribution in [1.29, 1.82) is 0 Å². The minimum atomic E-state index is -0.582. The van der Waals surface area contributed by atoms with Gasteiger partial charge >= 0.3 is 5.97 Å². The van der Waals surface area contributed by atoms with Crippen molar-refractivity contribution in [2.45, 2.75) is 72.3 Å². The van der Waals surface area contributed by atoms with E-state index in [-0.39, 0.29) is 35.7 Å². The molecule has 36 heavy (non-hydrogen) atoms. The van der Waals surface area contributed by atoms with Crippen LogP contribution in [-0.4, -0.2) is 69.8 Å². The summed E-state index contributed by atoms with van der Waals surface area (Å²) in [4.78, 5) is 52.4. The van der Waals surface area contributed by atoms with Crippen LogP contribution in [0.4, 0.5) is 0 Å². The number of aromatic nitrogens is 2. The smallest absolute Gasteiger partial charge is 0.342 e. The molecule has 1 aliphatic rings. The molecule has 1 aliphatic heterocycles. The summed E-state index contributed by atoms with van der Waals surface area (Å²) < 4.78 is 5.31. The minimum Gasteiger partial charge on any atom is -0.462 e. The first kappa shape index (κ1) is 27.3. The van der Waals surface area contributed by atoms with Gasteiger partial charge in [0.25, 0.3) is 5.91 Å². The molecule has 1 saturated heterocycles. The number of piperazine rings is 1. The zero-order chi connectivity index (χ0) is 26.1. The molecule has 0 N–H and O–H groups in total. The Morgan fingerprint density at radius 3 is 2.39 bits per heavy atom. The van der Waals surface area contributed by atoms with Crippen LogP contribution >= 0.6 is 0 Å². The van der Waals surface area contributed by atoms with Crippen LogP contribution in [0.2, 0.25) is 0 Å². The number of esters is 1. The van der Waals surface area contributed by atoms with Gasteiger partial charge in [-0.1, -0.05) is 63.4 Å². The molecule has 0 spiro atoms. The Morgan fingerprint density at radius 1 is 1.00 bits per heavy atom. The van der Waals surface area contributed by atoms with Gasteiger partial charge in [-0.05, 0) is 26.7 Å². The average Bonchev–Trinajstić information content (AvgIpc) is 2.88. The normalized spacial score (nSPS) is 15.6. The third-order valence-electron chi connectivity index (χ3n) is 6.41. The first-order chi connectivity index (χ1) is 17.4. The highest BCUT2D eigenvalue weighted by Crippen LogP contribution is 2.24. The van der Waals surface area contributed by atoms with Crippen LogP contribution in [0.15, 0.2) is 30.3 Å². The first-order valence-corrected chi connectivity index (χ1v) is 13.1. The Hall–Kier alpha value is -3.29. The van der Waals surface area contributed by atoms with Gasteiger partial charge < -0.3 is 14.5 Å². The molecule has 2 aromatic rings. The Labute approximate surface area is 214 Å². The molecule has 0 saturated carbocycles. The molecule has 1 unspecified atom stereocenters. The molecule has 2 heterocycles. The fraction of sp³-hybridized carbons (Fsp3) is 0.536. The predicted octanol–water partition coefficient (Wildman–Crippen LogP) is 4.53. The van der Waals surface area contributed by atoms with Crippen molar-refractivity contribution in [3.05, 3.63) is 47.3 Å². The summed E-state index contributed by atoms with van der Waals surface area (Å²) in [5.41, 5.74) is 1.51. The third-order valence-corrected chi connectivity index (χ3v) is 6.41. The van der Waals surface area contributed by atoms with E-state index in [1.54, 1.807) is 11.8 Å². The monoisotopic (exact) mass is 494 g/mol. The number of benzene rings is 1. The summed E-state index contributed by atoms with van der Waals surface area (Å²) in [6.07, 6.45) is 4.79. The topological polar surface area (TPSA) is 92.7 Å². The first-order valence-electron chi connectivity index (χ1n) is 13.1. The minimum absolute atomic E-state index is 0.0701. The highest BCUT2D eigenvalue weighted by molar-refractivity contribution is 6.05. The van der Waals surface area contributed by atoms with Gasteiger partial charge in [-0.3, -0.25) is 9.59 Å². The van der Waals surface area contributed by atoms with Gasteiger partial charge in [0.05, 0.1) is 12.3 Å². The van der Waals surface area contributed by atoms with Gasteiger partial charge in [0.2, 0.25) is 5.91 Å². The molecule has 1 aromatic heterocycles. The van der Waals surface area contributed by atoms with E-state index in [4.69, 9.17) is 4.74 Å². The van der Waals surface area contributed by atoms with E-state index in [9.17, 15) is 14.4 Å². The Kier molecular flexibility index (Phi) is 9.96. The van der Waals surface area contributed by atoms with Crippen molar-refractivity contribution >= 4 is 17.8 Å². The van der Waals surface area contributed by atoms with Crippen molar-refractivity contribution in [2.24, 2.45) is 0 Å². The summed E-state index contributed by atoms with van der Waals surface area (Å²) in [7, 11) is 0. The fourth-order valence-corrected chi connectivity index (χ4v) is 4.55. The summed E-state index contributed by atoms with van der Waals surface area (Å²) in [6.45, 7) is 9.23. The van der Waals surface area contributed by atoms with E-state index in [2.05, 4.69) is 16.9 Å². The van der Waals surface area contributed by atoms with Gasteiger partial charge in [-0.2, -0.15) is 0 Å². The summed E-state index contributed by atoms with van der Waals surface area (Å²) in [5, 5.41) is 0. The lowest BCUT2D eigenvalue weighted by Gasteiger charge is -2.40. The van der Waals surface area contributed by atoms with Crippen LogP contribution in [0.3, 0.4) is 0 Å². The number of carbonyl (C=O) groups excluding carboxylic acids is 3. The molecule has 1 fully saturated rings. The maximum atomic E-state index is 13.8. The zero-order valence-electron chi connectivity index (χ0n) is 22.0. The second-order valence-corrected chi connectivity index (χ2v) is 9.20. The molecular weight excluding hydrogens is 456 g/mol. The zero-order valence-corrected chi connectivity index (χ0v) is 22.0. The van der Waals surface area contributed by atoms with Crippen LogP contribution in [0.5, 0.6) is 0 Å². The van der Waals surface area contributed by atoms with Crippen molar-refractivity contribution < 1.29 is 19.1 Å². The number of aryl methyl sites for hydroxylation is 1. The summed E-state index contributed by atoms with van der Waals surface area (Å²) in [6, 6.07) is 9.32. The second kappa shape index (κ2) is 13.1.